The lowest BCUT2D eigenvalue weighted by Gasteiger charge is -2.19. The maximum absolute atomic E-state index is 13.1. The van der Waals surface area contributed by atoms with Gasteiger partial charge in [0.25, 0.3) is 0 Å². The van der Waals surface area contributed by atoms with Gasteiger partial charge in [0.1, 0.15) is 5.82 Å². The third-order valence-electron chi connectivity index (χ3n) is 2.42. The summed E-state index contributed by atoms with van der Waals surface area (Å²) in [6.07, 6.45) is 7.61. The van der Waals surface area contributed by atoms with Crippen LogP contribution in [0.5, 0.6) is 0 Å². The van der Waals surface area contributed by atoms with Crippen LogP contribution in [0, 0.1) is 5.82 Å². The molecule has 0 fully saturated rings. The fraction of sp³-hybridized carbons (Fsp3) is 0.267. The molecular weight excluding hydrogens is 227 g/mol. The summed E-state index contributed by atoms with van der Waals surface area (Å²) in [4.78, 5) is 6.26. The Bertz CT molecular complexity index is 461. The number of allylic oxidation sites excluding steroid dienone is 3. The van der Waals surface area contributed by atoms with Crippen LogP contribution in [-0.2, 0) is 0 Å². The van der Waals surface area contributed by atoms with Gasteiger partial charge in [-0.25, -0.2) is 4.39 Å². The molecule has 18 heavy (non-hydrogen) atoms. The van der Waals surface area contributed by atoms with Crippen LogP contribution < -0.4 is 4.90 Å². The highest BCUT2D eigenvalue weighted by atomic mass is 19.1. The van der Waals surface area contributed by atoms with E-state index in [4.69, 9.17) is 0 Å². The highest BCUT2D eigenvalue weighted by molar-refractivity contribution is 5.56. The van der Waals surface area contributed by atoms with Crippen molar-refractivity contribution in [3.8, 4) is 0 Å². The van der Waals surface area contributed by atoms with Crippen molar-refractivity contribution in [3.05, 3.63) is 54.0 Å². The van der Waals surface area contributed by atoms with E-state index in [1.807, 2.05) is 50.1 Å². The monoisotopic (exact) mass is 246 g/mol. The average Bonchev–Trinajstić information content (AvgIpc) is 2.36. The molecule has 1 rings (SSSR count). The molecule has 1 aromatic carbocycles. The van der Waals surface area contributed by atoms with Crippen molar-refractivity contribution in [1.29, 1.82) is 0 Å². The van der Waals surface area contributed by atoms with E-state index in [1.165, 1.54) is 12.1 Å². The smallest absolute Gasteiger partial charge is 0.125 e. The second-order valence-electron chi connectivity index (χ2n) is 3.91. The van der Waals surface area contributed by atoms with Crippen LogP contribution in [0.3, 0.4) is 0 Å². The zero-order valence-corrected chi connectivity index (χ0v) is 11.1. The van der Waals surface area contributed by atoms with E-state index in [9.17, 15) is 4.39 Å². The summed E-state index contributed by atoms with van der Waals surface area (Å²) < 4.78 is 13.1. The largest absolute Gasteiger partial charge is 0.369 e. The van der Waals surface area contributed by atoms with E-state index < -0.39 is 0 Å². The summed E-state index contributed by atoms with van der Waals surface area (Å²) in [5.74, 6) is -0.225. The Morgan fingerprint density at radius 2 is 2.17 bits per heavy atom. The van der Waals surface area contributed by atoms with Gasteiger partial charge in [-0.1, -0.05) is 18.2 Å². The van der Waals surface area contributed by atoms with E-state index in [1.54, 1.807) is 12.3 Å². The SMILES string of the molecule is C\C=N/C(=C\C=C\C)CN(C)c1cccc(F)c1. The first-order valence-corrected chi connectivity index (χ1v) is 5.94. The van der Waals surface area contributed by atoms with Crippen LogP contribution >= 0.6 is 0 Å². The van der Waals surface area contributed by atoms with Gasteiger partial charge < -0.3 is 4.90 Å². The topological polar surface area (TPSA) is 15.6 Å². The van der Waals surface area contributed by atoms with E-state index in [2.05, 4.69) is 4.99 Å². The maximum atomic E-state index is 13.1. The van der Waals surface area contributed by atoms with Gasteiger partial charge in [0, 0.05) is 18.9 Å². The average molecular weight is 246 g/mol. The fourth-order valence-corrected chi connectivity index (χ4v) is 1.56. The number of halogens is 1. The molecule has 0 aliphatic heterocycles. The van der Waals surface area contributed by atoms with Crippen molar-refractivity contribution >= 4 is 11.9 Å². The second kappa shape index (κ2) is 7.43. The molecule has 0 N–H and O–H groups in total. The lowest BCUT2D eigenvalue weighted by Crippen LogP contribution is -2.19. The molecule has 2 nitrogen and oxygen atoms in total. The number of benzene rings is 1. The van der Waals surface area contributed by atoms with Gasteiger partial charge in [-0.15, -0.1) is 0 Å². The van der Waals surface area contributed by atoms with Crippen LogP contribution in [0.25, 0.3) is 0 Å². The molecule has 1 aromatic rings. The van der Waals surface area contributed by atoms with Gasteiger partial charge in [0.15, 0.2) is 0 Å². The van der Waals surface area contributed by atoms with Crippen molar-refractivity contribution < 1.29 is 4.39 Å². The van der Waals surface area contributed by atoms with Crippen molar-refractivity contribution in [2.75, 3.05) is 18.5 Å². The zero-order chi connectivity index (χ0) is 13.4. The zero-order valence-electron chi connectivity index (χ0n) is 11.1. The molecule has 0 radical (unpaired) electrons. The first-order chi connectivity index (χ1) is 8.67. The van der Waals surface area contributed by atoms with Crippen LogP contribution in [0.1, 0.15) is 13.8 Å². The van der Waals surface area contributed by atoms with Crippen molar-refractivity contribution in [2.45, 2.75) is 13.8 Å². The molecule has 0 aliphatic carbocycles. The summed E-state index contributed by atoms with van der Waals surface area (Å²) in [6.45, 7) is 4.48. The molecule has 0 aromatic heterocycles. The van der Waals surface area contributed by atoms with E-state index in [0.717, 1.165) is 11.4 Å². The number of hydrogen-bond acceptors (Lipinski definition) is 2. The predicted molar refractivity (Wildman–Crippen MR) is 76.7 cm³/mol. The van der Waals surface area contributed by atoms with E-state index in [-0.39, 0.29) is 5.82 Å². The van der Waals surface area contributed by atoms with Crippen LogP contribution in [0.2, 0.25) is 0 Å². The Hall–Kier alpha value is -1.90. The molecule has 0 heterocycles. The van der Waals surface area contributed by atoms with Gasteiger partial charge in [-0.2, -0.15) is 0 Å². The summed E-state index contributed by atoms with van der Waals surface area (Å²) in [6, 6.07) is 6.55. The molecule has 0 aliphatic rings. The lowest BCUT2D eigenvalue weighted by molar-refractivity contribution is 0.627. The molecule has 0 unspecified atom stereocenters. The Kier molecular flexibility index (Phi) is 5.85. The Morgan fingerprint density at radius 3 is 2.78 bits per heavy atom. The third-order valence-corrected chi connectivity index (χ3v) is 2.42. The van der Waals surface area contributed by atoms with Crippen LogP contribution in [0.4, 0.5) is 10.1 Å². The highest BCUT2D eigenvalue weighted by Gasteiger charge is 2.03. The molecule has 96 valence electrons. The normalized spacial score (nSPS) is 12.6. The molecule has 3 heteroatoms. The van der Waals surface area contributed by atoms with Gasteiger partial charge in [0.05, 0.1) is 12.2 Å². The minimum Gasteiger partial charge on any atom is -0.369 e. The molecule has 0 spiro atoms. The summed E-state index contributed by atoms with van der Waals surface area (Å²) in [5, 5.41) is 0. The standard InChI is InChI=1S/C15H19FN2/c1-4-6-9-14(17-5-2)12-18(3)15-10-7-8-13(16)11-15/h4-11H,12H2,1-3H3/b6-4+,14-9-,17-5-. The number of likely N-dealkylation sites (N-methyl/N-ethyl adjacent to an activating group) is 1. The summed E-state index contributed by atoms with van der Waals surface area (Å²) in [5.41, 5.74) is 1.77. The highest BCUT2D eigenvalue weighted by Crippen LogP contribution is 2.15. The van der Waals surface area contributed by atoms with Gasteiger partial charge in [-0.3, -0.25) is 4.99 Å². The molecule has 0 saturated carbocycles. The summed E-state index contributed by atoms with van der Waals surface area (Å²) >= 11 is 0. The second-order valence-corrected chi connectivity index (χ2v) is 3.91. The molecule has 0 saturated heterocycles. The van der Waals surface area contributed by atoms with Crippen LogP contribution in [0.15, 0.2) is 53.2 Å². The predicted octanol–water partition coefficient (Wildman–Crippen LogP) is 3.81. The third kappa shape index (κ3) is 4.53. The number of rotatable bonds is 5. The van der Waals surface area contributed by atoms with Crippen molar-refractivity contribution in [3.63, 3.8) is 0 Å². The molecular formula is C15H19FN2. The quantitative estimate of drug-likeness (QED) is 0.569. The van der Waals surface area contributed by atoms with E-state index in [0.29, 0.717) is 6.54 Å². The first kappa shape index (κ1) is 14.2. The Balaban J connectivity index is 2.81. The van der Waals surface area contributed by atoms with Crippen LogP contribution in [-0.4, -0.2) is 19.8 Å². The minimum absolute atomic E-state index is 0.225. The molecule has 0 atom stereocenters. The first-order valence-electron chi connectivity index (χ1n) is 5.94. The fourth-order valence-electron chi connectivity index (χ4n) is 1.56. The van der Waals surface area contributed by atoms with Gasteiger partial charge in [0.2, 0.25) is 0 Å². The van der Waals surface area contributed by atoms with E-state index >= 15 is 0 Å². The maximum Gasteiger partial charge on any atom is 0.125 e. The van der Waals surface area contributed by atoms with Gasteiger partial charge in [-0.05, 0) is 38.1 Å². The Morgan fingerprint density at radius 1 is 1.39 bits per heavy atom. The van der Waals surface area contributed by atoms with Gasteiger partial charge >= 0.3 is 0 Å². The number of hydrogen-bond donors (Lipinski definition) is 0. The molecule has 0 amide bonds. The van der Waals surface area contributed by atoms with Crippen molar-refractivity contribution in [2.24, 2.45) is 4.99 Å². The number of aliphatic imine (C=N–C) groups is 1. The molecule has 0 bridgehead atoms. The van der Waals surface area contributed by atoms with Crippen molar-refractivity contribution in [1.82, 2.24) is 0 Å². The number of nitrogens with zero attached hydrogens (tertiary/aromatic N) is 2. The Labute approximate surface area is 108 Å². The minimum atomic E-state index is -0.225. The number of anilines is 1. The lowest BCUT2D eigenvalue weighted by atomic mass is 10.2. The summed E-state index contributed by atoms with van der Waals surface area (Å²) in [7, 11) is 1.92.